The topological polar surface area (TPSA) is 29.3 Å². The molecule has 0 aliphatic carbocycles. The molecule has 0 aliphatic rings. The number of nitrogens with zero attached hydrogens (tertiary/aromatic N) is 1. The van der Waals surface area contributed by atoms with Gasteiger partial charge in [-0.3, -0.25) is 4.90 Å². The van der Waals surface area contributed by atoms with Crippen LogP contribution in [0.4, 0.5) is 0 Å². The summed E-state index contributed by atoms with van der Waals surface area (Å²) in [6, 6.07) is 9.23. The highest BCUT2D eigenvalue weighted by molar-refractivity contribution is 9.10. The van der Waals surface area contributed by atoms with Gasteiger partial charge >= 0.3 is 0 Å². The zero-order valence-corrected chi connectivity index (χ0v) is 14.3. The number of likely N-dealkylation sites (N-methyl/N-ethyl adjacent to an activating group) is 1. The van der Waals surface area contributed by atoms with E-state index in [9.17, 15) is 0 Å². The van der Waals surface area contributed by atoms with Gasteiger partial charge in [-0.1, -0.05) is 48.0 Å². The molecule has 108 valence electrons. The summed E-state index contributed by atoms with van der Waals surface area (Å²) in [4.78, 5) is 2.41. The third-order valence-electron chi connectivity index (χ3n) is 3.67. The van der Waals surface area contributed by atoms with Crippen molar-refractivity contribution in [3.63, 3.8) is 0 Å². The van der Waals surface area contributed by atoms with Crippen LogP contribution < -0.4 is 5.73 Å². The van der Waals surface area contributed by atoms with E-state index in [1.165, 1.54) is 12.0 Å². The Kier molecular flexibility index (Phi) is 6.51. The molecule has 0 spiro atoms. The highest BCUT2D eigenvalue weighted by Crippen LogP contribution is 2.31. The van der Waals surface area contributed by atoms with Crippen LogP contribution in [-0.4, -0.2) is 24.0 Å². The number of halogens is 1. The molecule has 0 heterocycles. The van der Waals surface area contributed by atoms with Crippen molar-refractivity contribution < 1.29 is 0 Å². The van der Waals surface area contributed by atoms with Gasteiger partial charge in [-0.2, -0.15) is 0 Å². The van der Waals surface area contributed by atoms with Gasteiger partial charge in [0.2, 0.25) is 0 Å². The molecule has 0 aliphatic heterocycles. The van der Waals surface area contributed by atoms with Gasteiger partial charge < -0.3 is 5.73 Å². The lowest BCUT2D eigenvalue weighted by atomic mass is 9.96. The van der Waals surface area contributed by atoms with E-state index in [4.69, 9.17) is 5.73 Å². The summed E-state index contributed by atoms with van der Waals surface area (Å²) in [5.41, 5.74) is 7.52. The average Bonchev–Trinajstić information content (AvgIpc) is 2.30. The van der Waals surface area contributed by atoms with Crippen LogP contribution in [0.5, 0.6) is 0 Å². The van der Waals surface area contributed by atoms with E-state index in [2.05, 4.69) is 73.8 Å². The third kappa shape index (κ3) is 4.59. The Hall–Kier alpha value is -0.380. The fraction of sp³-hybridized carbons (Fsp3) is 0.625. The highest BCUT2D eigenvalue weighted by Gasteiger charge is 2.26. The van der Waals surface area contributed by atoms with Crippen LogP contribution in [0.1, 0.15) is 45.7 Å². The Balaban J connectivity index is 2.98. The van der Waals surface area contributed by atoms with Gasteiger partial charge in [0.05, 0.1) is 6.04 Å². The standard InChI is InChI=1S/C16H27BrN2/c1-11(2)10-12(3)19(5)16(13(4)18)14-8-6-7-9-15(14)17/h6-9,11-13,16H,10,18H2,1-5H3. The van der Waals surface area contributed by atoms with Crippen molar-refractivity contribution in [3.05, 3.63) is 34.3 Å². The molecule has 0 saturated heterocycles. The van der Waals surface area contributed by atoms with Gasteiger partial charge in [0.25, 0.3) is 0 Å². The van der Waals surface area contributed by atoms with E-state index < -0.39 is 0 Å². The molecule has 0 amide bonds. The monoisotopic (exact) mass is 326 g/mol. The second kappa shape index (κ2) is 7.41. The van der Waals surface area contributed by atoms with Crippen molar-refractivity contribution in [2.24, 2.45) is 11.7 Å². The molecule has 1 aromatic rings. The number of rotatable bonds is 6. The fourth-order valence-electron chi connectivity index (χ4n) is 2.71. The van der Waals surface area contributed by atoms with E-state index in [1.54, 1.807) is 0 Å². The quantitative estimate of drug-likeness (QED) is 0.848. The first-order valence-corrected chi connectivity index (χ1v) is 7.85. The van der Waals surface area contributed by atoms with Crippen LogP contribution in [0.3, 0.4) is 0 Å². The minimum Gasteiger partial charge on any atom is -0.326 e. The Morgan fingerprint density at radius 3 is 2.21 bits per heavy atom. The zero-order chi connectivity index (χ0) is 14.6. The van der Waals surface area contributed by atoms with Crippen molar-refractivity contribution >= 4 is 15.9 Å². The first-order chi connectivity index (χ1) is 8.84. The predicted octanol–water partition coefficient (Wildman–Crippen LogP) is 4.20. The van der Waals surface area contributed by atoms with E-state index in [0.29, 0.717) is 12.0 Å². The Morgan fingerprint density at radius 2 is 1.74 bits per heavy atom. The molecule has 3 unspecified atom stereocenters. The minimum atomic E-state index is 0.0957. The summed E-state index contributed by atoms with van der Waals surface area (Å²) in [5.74, 6) is 0.699. The van der Waals surface area contributed by atoms with Gasteiger partial charge in [0, 0.05) is 16.6 Å². The summed E-state index contributed by atoms with van der Waals surface area (Å²) in [6.45, 7) is 8.90. The van der Waals surface area contributed by atoms with Crippen LogP contribution in [-0.2, 0) is 0 Å². The van der Waals surface area contributed by atoms with E-state index in [-0.39, 0.29) is 12.1 Å². The Bertz CT molecular complexity index is 390. The molecule has 0 radical (unpaired) electrons. The van der Waals surface area contributed by atoms with Gasteiger partial charge in [-0.15, -0.1) is 0 Å². The van der Waals surface area contributed by atoms with Gasteiger partial charge in [-0.05, 0) is 44.9 Å². The normalized spacial score (nSPS) is 16.7. The van der Waals surface area contributed by atoms with Crippen LogP contribution in [0.15, 0.2) is 28.7 Å². The Morgan fingerprint density at radius 1 is 1.16 bits per heavy atom. The number of benzene rings is 1. The van der Waals surface area contributed by atoms with Crippen LogP contribution in [0, 0.1) is 5.92 Å². The number of hydrogen-bond acceptors (Lipinski definition) is 2. The lowest BCUT2D eigenvalue weighted by Gasteiger charge is -2.37. The van der Waals surface area contributed by atoms with Crippen LogP contribution in [0.2, 0.25) is 0 Å². The maximum atomic E-state index is 6.24. The SMILES string of the molecule is CC(C)CC(C)N(C)C(c1ccccc1Br)C(C)N. The molecule has 2 N–H and O–H groups in total. The molecule has 19 heavy (non-hydrogen) atoms. The fourth-order valence-corrected chi connectivity index (χ4v) is 3.23. The van der Waals surface area contributed by atoms with Gasteiger partial charge in [0.1, 0.15) is 0 Å². The molecule has 0 aromatic heterocycles. The van der Waals surface area contributed by atoms with Crippen molar-refractivity contribution in [1.82, 2.24) is 4.90 Å². The molecular weight excluding hydrogens is 300 g/mol. The summed E-state index contributed by atoms with van der Waals surface area (Å²) in [6.07, 6.45) is 1.18. The van der Waals surface area contributed by atoms with Crippen molar-refractivity contribution in [2.45, 2.75) is 52.2 Å². The minimum absolute atomic E-state index is 0.0957. The molecular formula is C16H27BrN2. The summed E-state index contributed by atoms with van der Waals surface area (Å²) < 4.78 is 1.14. The maximum Gasteiger partial charge on any atom is 0.0507 e. The van der Waals surface area contributed by atoms with E-state index in [1.807, 2.05) is 6.07 Å². The summed E-state index contributed by atoms with van der Waals surface area (Å²) >= 11 is 3.65. The van der Waals surface area contributed by atoms with Gasteiger partial charge in [0.15, 0.2) is 0 Å². The maximum absolute atomic E-state index is 6.24. The van der Waals surface area contributed by atoms with Crippen molar-refractivity contribution in [3.8, 4) is 0 Å². The third-order valence-corrected chi connectivity index (χ3v) is 4.39. The van der Waals surface area contributed by atoms with Crippen molar-refractivity contribution in [2.75, 3.05) is 7.05 Å². The first-order valence-electron chi connectivity index (χ1n) is 7.06. The van der Waals surface area contributed by atoms with Crippen molar-refractivity contribution in [1.29, 1.82) is 0 Å². The molecule has 3 atom stereocenters. The van der Waals surface area contributed by atoms with E-state index in [0.717, 1.165) is 4.47 Å². The molecule has 1 aromatic carbocycles. The second-order valence-corrected chi connectivity index (χ2v) is 6.82. The highest BCUT2D eigenvalue weighted by atomic mass is 79.9. The molecule has 2 nitrogen and oxygen atoms in total. The average molecular weight is 327 g/mol. The second-order valence-electron chi connectivity index (χ2n) is 5.97. The largest absolute Gasteiger partial charge is 0.326 e. The van der Waals surface area contributed by atoms with Crippen LogP contribution in [0.25, 0.3) is 0 Å². The number of hydrogen-bond donors (Lipinski definition) is 1. The zero-order valence-electron chi connectivity index (χ0n) is 12.7. The molecule has 1 rings (SSSR count). The van der Waals surface area contributed by atoms with Gasteiger partial charge in [-0.25, -0.2) is 0 Å². The summed E-state index contributed by atoms with van der Waals surface area (Å²) in [7, 11) is 2.18. The molecule has 0 fully saturated rings. The lowest BCUT2D eigenvalue weighted by Crippen LogP contribution is -2.42. The first kappa shape index (κ1) is 16.7. The van der Waals surface area contributed by atoms with Crippen LogP contribution >= 0.6 is 15.9 Å². The molecule has 3 heteroatoms. The Labute approximate surface area is 126 Å². The van der Waals surface area contributed by atoms with E-state index >= 15 is 0 Å². The molecule has 0 saturated carbocycles. The summed E-state index contributed by atoms with van der Waals surface area (Å²) in [5, 5.41) is 0. The smallest absolute Gasteiger partial charge is 0.0507 e. The number of nitrogens with two attached hydrogens (primary N) is 1. The molecule has 0 bridgehead atoms. The lowest BCUT2D eigenvalue weighted by molar-refractivity contribution is 0.147. The predicted molar refractivity (Wildman–Crippen MR) is 87.2 cm³/mol.